The highest BCUT2D eigenvalue weighted by atomic mass is 28.3. The van der Waals surface area contributed by atoms with Crippen LogP contribution in [0.25, 0.3) is 38.6 Å². The summed E-state index contributed by atoms with van der Waals surface area (Å²) in [5.41, 5.74) is 17.8. The smallest absolute Gasteiger partial charge is 0.252 e. The molecule has 3 heterocycles. The molecule has 0 radical (unpaired) electrons. The lowest BCUT2D eigenvalue weighted by Crippen LogP contribution is -2.75. The lowest BCUT2D eigenvalue weighted by atomic mass is 9.32. The van der Waals surface area contributed by atoms with Crippen LogP contribution in [0.4, 0.5) is 34.1 Å². The highest BCUT2D eigenvalue weighted by molar-refractivity contribution is 7.21. The Kier molecular flexibility index (Phi) is 13.9. The summed E-state index contributed by atoms with van der Waals surface area (Å²) in [6.07, 6.45) is 0. The summed E-state index contributed by atoms with van der Waals surface area (Å²) in [4.78, 5) is 5.41. The molecule has 15 aromatic rings. The number of fused-ring (bicyclic) bond motifs is 7. The van der Waals surface area contributed by atoms with E-state index in [2.05, 4.69) is 393 Å². The zero-order valence-corrected chi connectivity index (χ0v) is 55.0. The van der Waals surface area contributed by atoms with Crippen LogP contribution in [0.15, 0.2) is 358 Å². The Morgan fingerprint density at radius 1 is 0.287 bits per heavy atom. The number of anilines is 6. The molecule has 0 saturated carbocycles. The Labute approximate surface area is 553 Å². The number of rotatable bonds is 12. The van der Waals surface area contributed by atoms with Gasteiger partial charge in [0.1, 0.15) is 0 Å². The first-order valence-electron chi connectivity index (χ1n) is 32.9. The maximum atomic E-state index is 2.72. The quantitative estimate of drug-likeness (QED) is 0.0892. The lowest BCUT2D eigenvalue weighted by Gasteiger charge is -2.47. The molecule has 6 heteroatoms. The van der Waals surface area contributed by atoms with Crippen molar-refractivity contribution < 1.29 is 0 Å². The molecule has 0 spiro atoms. The largest absolute Gasteiger partial charge is 0.311 e. The molecule has 0 N–H and O–H groups in total. The molecule has 14 aromatic carbocycles. The predicted molar refractivity (Wildman–Crippen MR) is 406 cm³/mol. The van der Waals surface area contributed by atoms with Crippen LogP contribution in [0, 0.1) is 0 Å². The number of aromatic nitrogens is 1. The highest BCUT2D eigenvalue weighted by Crippen LogP contribution is 2.48. The Morgan fingerprint density at radius 3 is 1.06 bits per heavy atom. The molecule has 0 aliphatic carbocycles. The highest BCUT2D eigenvalue weighted by Gasteiger charge is 2.50. The van der Waals surface area contributed by atoms with Crippen LogP contribution in [0.2, 0.25) is 0 Å². The fraction of sp³-hybridized carbons (Fsp3) is 0.0455. The van der Waals surface area contributed by atoms with Gasteiger partial charge in [0, 0.05) is 44.9 Å². The van der Waals surface area contributed by atoms with Gasteiger partial charge in [-0.2, -0.15) is 0 Å². The Bertz CT molecular complexity index is 5040. The molecule has 446 valence electrons. The minimum atomic E-state index is -3.24. The van der Waals surface area contributed by atoms with Gasteiger partial charge in [0.05, 0.1) is 16.7 Å². The van der Waals surface area contributed by atoms with Gasteiger partial charge < -0.3 is 14.4 Å². The van der Waals surface area contributed by atoms with Gasteiger partial charge in [-0.3, -0.25) is 0 Å². The van der Waals surface area contributed by atoms with Gasteiger partial charge in [0.2, 0.25) is 0 Å². The van der Waals surface area contributed by atoms with Gasteiger partial charge in [-0.15, -0.1) is 0 Å². The minimum Gasteiger partial charge on any atom is -0.311 e. The average Bonchev–Trinajstić information content (AvgIpc) is 0.737. The third-order valence-corrected chi connectivity index (χ3v) is 29.9. The summed E-state index contributed by atoms with van der Waals surface area (Å²) >= 11 is 0. The molecular weight excluding hydrogens is 1170 g/mol. The van der Waals surface area contributed by atoms with Crippen LogP contribution in [-0.2, 0) is 5.41 Å². The second-order valence-corrected chi connectivity index (χ2v) is 33.8. The molecule has 0 bridgehead atoms. The van der Waals surface area contributed by atoms with E-state index in [1.807, 2.05) is 0 Å². The Morgan fingerprint density at radius 2 is 0.638 bits per heavy atom. The van der Waals surface area contributed by atoms with Crippen LogP contribution in [0.3, 0.4) is 0 Å². The maximum Gasteiger partial charge on any atom is 0.252 e. The molecule has 0 unspecified atom stereocenters. The van der Waals surface area contributed by atoms with Crippen molar-refractivity contribution in [2.24, 2.45) is 0 Å². The van der Waals surface area contributed by atoms with Crippen molar-refractivity contribution in [1.82, 2.24) is 4.57 Å². The number of nitrogens with zero attached hydrogens (tertiary/aromatic N) is 3. The van der Waals surface area contributed by atoms with Crippen LogP contribution in [0.1, 0.15) is 26.3 Å². The maximum absolute atomic E-state index is 3.24. The first-order chi connectivity index (χ1) is 46.3. The molecule has 3 nitrogen and oxygen atoms in total. The number of para-hydroxylation sites is 5. The minimum absolute atomic E-state index is 0.0201. The third kappa shape index (κ3) is 8.85. The molecule has 17 rings (SSSR count). The zero-order valence-electron chi connectivity index (χ0n) is 53.0. The van der Waals surface area contributed by atoms with Crippen LogP contribution in [-0.4, -0.2) is 27.4 Å². The van der Waals surface area contributed by atoms with E-state index >= 15 is 0 Å². The summed E-state index contributed by atoms with van der Waals surface area (Å²) in [6.45, 7) is 6.73. The van der Waals surface area contributed by atoms with Crippen molar-refractivity contribution >= 4 is 137 Å². The van der Waals surface area contributed by atoms with Crippen molar-refractivity contribution in [3.63, 3.8) is 0 Å². The fourth-order valence-corrected chi connectivity index (χ4v) is 26.1. The number of benzene rings is 14. The zero-order chi connectivity index (χ0) is 63.0. The van der Waals surface area contributed by atoms with Gasteiger partial charge in [-0.1, -0.05) is 330 Å². The molecular formula is C88H68BN3Si2. The van der Waals surface area contributed by atoms with E-state index in [1.54, 1.807) is 0 Å². The summed E-state index contributed by atoms with van der Waals surface area (Å²) in [7, 11) is -6.45. The normalized spacial score (nSPS) is 12.8. The Balaban J connectivity index is 1.05. The van der Waals surface area contributed by atoms with E-state index < -0.39 is 16.1 Å². The SMILES string of the molecule is CC(C)(C)c1ccc(-c2cccc3c2B2c4ccccc4N(c4ccccc4[Si](c4ccccc4)(c4ccccc4)c4ccccc4)c4cc(-n5c6ccccc6c6ccccc65)cc(c42)N3c2ccccc2[Si](c2ccccc2)(c2ccccc2)c2ccccc2)cc1. The van der Waals surface area contributed by atoms with Gasteiger partial charge >= 0.3 is 0 Å². The van der Waals surface area contributed by atoms with E-state index in [0.717, 1.165) is 50.8 Å². The molecule has 2 aliphatic heterocycles. The predicted octanol–water partition coefficient (Wildman–Crippen LogP) is 14.6. The lowest BCUT2D eigenvalue weighted by molar-refractivity contribution is 0.590. The summed E-state index contributed by atoms with van der Waals surface area (Å²) < 4.78 is 2.54. The number of hydrogen-bond donors (Lipinski definition) is 0. The van der Waals surface area contributed by atoms with Crippen molar-refractivity contribution in [2.45, 2.75) is 26.2 Å². The first-order valence-corrected chi connectivity index (χ1v) is 36.9. The monoisotopic (exact) mass is 1230 g/mol. The van der Waals surface area contributed by atoms with Gasteiger partial charge in [0.15, 0.2) is 16.1 Å². The van der Waals surface area contributed by atoms with Gasteiger partial charge in [0.25, 0.3) is 6.71 Å². The standard InChI is InChI=1S/C88H68BN3Si2/c1-88(2,3)64-59-57-63(58-60-64)72-47-32-54-81-86(72)89-75-48-24-27-51-78(75)91(79-52-28-30-55-84(79)93(66-33-10-4-11-34-66,67-35-12-5-13-36-67)68-37-14-6-15-38-68)82-61-65(90-76-49-25-22-45-73(76)74-46-23-26-50-77(74)90)62-83(87(82)89)92(81)80-53-29-31-56-85(80)94(69-39-16-7-17-40-69,70-41-18-8-19-42-70)71-43-20-9-21-44-71/h4-62H,1-3H3. The summed E-state index contributed by atoms with van der Waals surface area (Å²) in [5.74, 6) is 0. The van der Waals surface area contributed by atoms with Crippen molar-refractivity contribution in [3.8, 4) is 16.8 Å². The van der Waals surface area contributed by atoms with Crippen LogP contribution in [0.5, 0.6) is 0 Å². The van der Waals surface area contributed by atoms with Gasteiger partial charge in [-0.05, 0) is 129 Å². The van der Waals surface area contributed by atoms with Crippen molar-refractivity contribution in [2.75, 3.05) is 9.80 Å². The van der Waals surface area contributed by atoms with Gasteiger partial charge in [-0.25, -0.2) is 0 Å². The van der Waals surface area contributed by atoms with E-state index in [-0.39, 0.29) is 12.1 Å². The summed E-state index contributed by atoms with van der Waals surface area (Å²) in [6, 6.07) is 137. The third-order valence-electron chi connectivity index (χ3n) is 20.2. The summed E-state index contributed by atoms with van der Waals surface area (Å²) in [5, 5.41) is 13.0. The average molecular weight is 1230 g/mol. The second kappa shape index (κ2) is 23.0. The fourth-order valence-electron chi connectivity index (χ4n) is 16.3. The molecule has 0 atom stereocenters. The van der Waals surface area contributed by atoms with Crippen LogP contribution < -0.4 is 67.7 Å². The molecule has 2 aliphatic rings. The van der Waals surface area contributed by atoms with E-state index in [0.29, 0.717) is 0 Å². The van der Waals surface area contributed by atoms with Crippen LogP contribution >= 0.6 is 0 Å². The van der Waals surface area contributed by atoms with Crippen molar-refractivity contribution in [1.29, 1.82) is 0 Å². The molecule has 94 heavy (non-hydrogen) atoms. The number of hydrogen-bond acceptors (Lipinski definition) is 2. The first kappa shape index (κ1) is 56.9. The van der Waals surface area contributed by atoms with E-state index in [1.165, 1.54) is 85.3 Å². The van der Waals surface area contributed by atoms with Crippen molar-refractivity contribution in [3.05, 3.63) is 363 Å². The topological polar surface area (TPSA) is 11.4 Å². The van der Waals surface area contributed by atoms with E-state index in [9.17, 15) is 0 Å². The molecule has 0 amide bonds. The molecule has 1 aromatic heterocycles. The molecule has 0 saturated heterocycles. The van der Waals surface area contributed by atoms with E-state index in [4.69, 9.17) is 0 Å². The second-order valence-electron chi connectivity index (χ2n) is 26.2. The Hall–Kier alpha value is -11.0. The molecule has 0 fully saturated rings.